The lowest BCUT2D eigenvalue weighted by Crippen LogP contribution is -2.50. The normalized spacial score (nSPS) is 13.8. The molecule has 1 aromatic heterocycles. The van der Waals surface area contributed by atoms with Gasteiger partial charge >= 0.3 is 6.03 Å². The summed E-state index contributed by atoms with van der Waals surface area (Å²) >= 11 is 6.00. The van der Waals surface area contributed by atoms with Gasteiger partial charge in [-0.25, -0.2) is 9.78 Å². The largest absolute Gasteiger partial charge is 0.353 e. The highest BCUT2D eigenvalue weighted by Gasteiger charge is 2.22. The quantitative estimate of drug-likeness (QED) is 0.611. The van der Waals surface area contributed by atoms with Gasteiger partial charge in [0.15, 0.2) is 0 Å². The number of rotatable bonds is 4. The van der Waals surface area contributed by atoms with E-state index >= 15 is 0 Å². The molecule has 2 aromatic carbocycles. The molecular weight excluding hydrogens is 412 g/mol. The molecule has 0 bridgehead atoms. The van der Waals surface area contributed by atoms with E-state index in [1.54, 1.807) is 17.0 Å². The van der Waals surface area contributed by atoms with Gasteiger partial charge in [0, 0.05) is 54.3 Å². The van der Waals surface area contributed by atoms with Crippen LogP contribution in [0.3, 0.4) is 0 Å². The van der Waals surface area contributed by atoms with Gasteiger partial charge < -0.3 is 20.4 Å². The zero-order valence-corrected chi connectivity index (χ0v) is 18.4. The number of amides is 2. The van der Waals surface area contributed by atoms with Crippen LogP contribution in [-0.4, -0.2) is 47.1 Å². The standard InChI is InChI=1S/C23H25ClN6O/c1-16-6-8-19(9-7-16)26-22-25-17(2)14-21(28-22)29-10-12-30(13-11-29)23(31)27-20-5-3-4-18(24)15-20/h3-9,14-15H,10-13H2,1-2H3,(H,27,31)(H,25,26,28). The summed E-state index contributed by atoms with van der Waals surface area (Å²) in [5.74, 6) is 1.43. The van der Waals surface area contributed by atoms with E-state index in [1.807, 2.05) is 49.4 Å². The molecule has 160 valence electrons. The van der Waals surface area contributed by atoms with Crippen LogP contribution >= 0.6 is 11.6 Å². The van der Waals surface area contributed by atoms with E-state index in [9.17, 15) is 4.79 Å². The molecule has 2 N–H and O–H groups in total. The minimum atomic E-state index is -0.123. The molecule has 0 radical (unpaired) electrons. The molecule has 1 saturated heterocycles. The van der Waals surface area contributed by atoms with E-state index < -0.39 is 0 Å². The van der Waals surface area contributed by atoms with Crippen molar-refractivity contribution in [3.8, 4) is 0 Å². The van der Waals surface area contributed by atoms with Crippen LogP contribution in [0.1, 0.15) is 11.3 Å². The number of halogens is 1. The first kappa shape index (κ1) is 20.9. The van der Waals surface area contributed by atoms with Gasteiger partial charge in [-0.05, 0) is 44.2 Å². The van der Waals surface area contributed by atoms with Crippen molar-refractivity contribution in [2.75, 3.05) is 41.7 Å². The van der Waals surface area contributed by atoms with E-state index in [2.05, 4.69) is 27.4 Å². The summed E-state index contributed by atoms with van der Waals surface area (Å²) in [6.07, 6.45) is 0. The fraction of sp³-hybridized carbons (Fsp3) is 0.261. The monoisotopic (exact) mass is 436 g/mol. The van der Waals surface area contributed by atoms with E-state index in [-0.39, 0.29) is 6.03 Å². The Kier molecular flexibility index (Phi) is 6.23. The maximum Gasteiger partial charge on any atom is 0.321 e. The second-order valence-electron chi connectivity index (χ2n) is 7.60. The zero-order valence-electron chi connectivity index (χ0n) is 17.6. The number of aromatic nitrogens is 2. The van der Waals surface area contributed by atoms with Crippen molar-refractivity contribution in [1.82, 2.24) is 14.9 Å². The number of carbonyl (C=O) groups is 1. The Balaban J connectivity index is 1.38. The van der Waals surface area contributed by atoms with Gasteiger partial charge in [0.25, 0.3) is 0 Å². The highest BCUT2D eigenvalue weighted by Crippen LogP contribution is 2.21. The van der Waals surface area contributed by atoms with E-state index in [4.69, 9.17) is 16.6 Å². The number of hydrogen-bond donors (Lipinski definition) is 2. The number of nitrogens with one attached hydrogen (secondary N) is 2. The minimum absolute atomic E-state index is 0.123. The highest BCUT2D eigenvalue weighted by molar-refractivity contribution is 6.30. The number of piperazine rings is 1. The third-order valence-corrected chi connectivity index (χ3v) is 5.35. The molecule has 2 heterocycles. The molecule has 0 aliphatic carbocycles. The Morgan fingerprint density at radius 1 is 0.935 bits per heavy atom. The van der Waals surface area contributed by atoms with Crippen molar-refractivity contribution in [3.05, 3.63) is 70.9 Å². The first-order chi connectivity index (χ1) is 15.0. The molecule has 0 unspecified atom stereocenters. The SMILES string of the molecule is Cc1ccc(Nc2nc(C)cc(N3CCN(C(=O)Nc4cccc(Cl)c4)CC3)n2)cc1. The number of urea groups is 1. The number of nitrogens with zero attached hydrogens (tertiary/aromatic N) is 4. The van der Waals surface area contributed by atoms with Gasteiger partial charge in [-0.3, -0.25) is 0 Å². The topological polar surface area (TPSA) is 73.4 Å². The predicted molar refractivity (Wildman–Crippen MR) is 125 cm³/mol. The Hall–Kier alpha value is -3.32. The molecule has 8 heteroatoms. The van der Waals surface area contributed by atoms with Crippen LogP contribution < -0.4 is 15.5 Å². The minimum Gasteiger partial charge on any atom is -0.353 e. The van der Waals surface area contributed by atoms with Gasteiger partial charge in [-0.15, -0.1) is 0 Å². The third-order valence-electron chi connectivity index (χ3n) is 5.12. The molecule has 3 aromatic rings. The molecular formula is C23H25ClN6O. The second kappa shape index (κ2) is 9.22. The fourth-order valence-corrected chi connectivity index (χ4v) is 3.63. The lowest BCUT2D eigenvalue weighted by molar-refractivity contribution is 0.208. The number of benzene rings is 2. The summed E-state index contributed by atoms with van der Waals surface area (Å²) in [6, 6.07) is 17.1. The molecule has 2 amide bonds. The van der Waals surface area contributed by atoms with Crippen LogP contribution in [0.15, 0.2) is 54.6 Å². The first-order valence-electron chi connectivity index (χ1n) is 10.2. The Morgan fingerprint density at radius 2 is 1.68 bits per heavy atom. The number of hydrogen-bond acceptors (Lipinski definition) is 5. The average Bonchev–Trinajstić information content (AvgIpc) is 2.75. The van der Waals surface area contributed by atoms with Gasteiger partial charge in [-0.2, -0.15) is 4.98 Å². The summed E-state index contributed by atoms with van der Waals surface area (Å²) in [5, 5.41) is 6.78. The molecule has 1 aliphatic rings. The first-order valence-corrected chi connectivity index (χ1v) is 10.6. The predicted octanol–water partition coefficient (Wildman–Crippen LogP) is 4.84. The van der Waals surface area contributed by atoms with Crippen LogP contribution in [-0.2, 0) is 0 Å². The Morgan fingerprint density at radius 3 is 2.39 bits per heavy atom. The van der Waals surface area contributed by atoms with Crippen LogP contribution in [0.5, 0.6) is 0 Å². The third kappa shape index (κ3) is 5.44. The summed E-state index contributed by atoms with van der Waals surface area (Å²) in [4.78, 5) is 25.8. The van der Waals surface area contributed by atoms with Crippen LogP contribution in [0.4, 0.5) is 27.9 Å². The van der Waals surface area contributed by atoms with Crippen molar-refractivity contribution in [2.45, 2.75) is 13.8 Å². The van der Waals surface area contributed by atoms with E-state index in [1.165, 1.54) is 5.56 Å². The highest BCUT2D eigenvalue weighted by atomic mass is 35.5. The van der Waals surface area contributed by atoms with Crippen molar-refractivity contribution in [1.29, 1.82) is 0 Å². The van der Waals surface area contributed by atoms with Crippen molar-refractivity contribution < 1.29 is 4.79 Å². The molecule has 0 spiro atoms. The maximum absolute atomic E-state index is 12.6. The van der Waals surface area contributed by atoms with E-state index in [0.717, 1.165) is 17.2 Å². The Labute approximate surface area is 187 Å². The van der Waals surface area contributed by atoms with Crippen molar-refractivity contribution >= 4 is 40.8 Å². The Bertz CT molecular complexity index is 1060. The number of anilines is 4. The van der Waals surface area contributed by atoms with Gasteiger partial charge in [-0.1, -0.05) is 35.4 Å². The lowest BCUT2D eigenvalue weighted by Gasteiger charge is -2.35. The molecule has 1 fully saturated rings. The number of aryl methyl sites for hydroxylation is 2. The summed E-state index contributed by atoms with van der Waals surface area (Å²) in [5.41, 5.74) is 3.73. The van der Waals surface area contributed by atoms with Crippen molar-refractivity contribution in [3.63, 3.8) is 0 Å². The van der Waals surface area contributed by atoms with Gasteiger partial charge in [0.05, 0.1) is 0 Å². The average molecular weight is 437 g/mol. The molecule has 7 nitrogen and oxygen atoms in total. The van der Waals surface area contributed by atoms with Crippen LogP contribution in [0.25, 0.3) is 0 Å². The van der Waals surface area contributed by atoms with Gasteiger partial charge in [0.2, 0.25) is 5.95 Å². The summed E-state index contributed by atoms with van der Waals surface area (Å²) < 4.78 is 0. The fourth-order valence-electron chi connectivity index (χ4n) is 3.44. The van der Waals surface area contributed by atoms with Gasteiger partial charge in [0.1, 0.15) is 5.82 Å². The summed E-state index contributed by atoms with van der Waals surface area (Å²) in [7, 11) is 0. The smallest absolute Gasteiger partial charge is 0.321 e. The van der Waals surface area contributed by atoms with E-state index in [0.29, 0.717) is 42.8 Å². The molecule has 0 saturated carbocycles. The van der Waals surface area contributed by atoms with Crippen molar-refractivity contribution in [2.24, 2.45) is 0 Å². The second-order valence-corrected chi connectivity index (χ2v) is 8.03. The zero-order chi connectivity index (χ0) is 21.8. The summed E-state index contributed by atoms with van der Waals surface area (Å²) in [6.45, 7) is 6.62. The lowest BCUT2D eigenvalue weighted by atomic mass is 10.2. The van der Waals surface area contributed by atoms with Crippen LogP contribution in [0.2, 0.25) is 5.02 Å². The molecule has 4 rings (SSSR count). The maximum atomic E-state index is 12.6. The van der Waals surface area contributed by atoms with Crippen LogP contribution in [0, 0.1) is 13.8 Å². The molecule has 1 aliphatic heterocycles. The number of carbonyl (C=O) groups excluding carboxylic acids is 1. The molecule has 0 atom stereocenters. The molecule has 31 heavy (non-hydrogen) atoms.